The average molecular weight is 352 g/mol. The van der Waals surface area contributed by atoms with Gasteiger partial charge in [0.2, 0.25) is 0 Å². The first-order chi connectivity index (χ1) is 12.2. The number of carboxylic acid groups (broad SMARTS) is 1. The van der Waals surface area contributed by atoms with Crippen LogP contribution in [0.3, 0.4) is 0 Å². The van der Waals surface area contributed by atoms with Crippen molar-refractivity contribution in [2.75, 3.05) is 4.90 Å². The van der Waals surface area contributed by atoms with Crippen molar-refractivity contribution in [2.45, 2.75) is 19.4 Å². The van der Waals surface area contributed by atoms with Gasteiger partial charge in [-0.2, -0.15) is 0 Å². The van der Waals surface area contributed by atoms with Gasteiger partial charge in [-0.15, -0.1) is 0 Å². The first-order valence-electron chi connectivity index (χ1n) is 7.87. The molecule has 0 saturated heterocycles. The number of amides is 3. The minimum absolute atomic E-state index is 0.0383. The van der Waals surface area contributed by atoms with Crippen LogP contribution >= 0.6 is 0 Å². The van der Waals surface area contributed by atoms with Crippen molar-refractivity contribution in [2.24, 2.45) is 0 Å². The first kappa shape index (κ1) is 17.3. The molecule has 7 nitrogen and oxygen atoms in total. The Labute approximate surface area is 149 Å². The molecule has 3 amide bonds. The van der Waals surface area contributed by atoms with Crippen molar-refractivity contribution in [3.63, 3.8) is 0 Å². The van der Waals surface area contributed by atoms with Crippen molar-refractivity contribution in [3.05, 3.63) is 65.2 Å². The summed E-state index contributed by atoms with van der Waals surface area (Å²) in [6, 6.07) is 12.5. The van der Waals surface area contributed by atoms with Gasteiger partial charge in [0, 0.05) is 0 Å². The van der Waals surface area contributed by atoms with E-state index in [-0.39, 0.29) is 22.4 Å². The van der Waals surface area contributed by atoms with Gasteiger partial charge >= 0.3 is 5.97 Å². The zero-order chi connectivity index (χ0) is 19.1. The lowest BCUT2D eigenvalue weighted by Crippen LogP contribution is -2.50. The molecule has 0 aromatic heterocycles. The van der Waals surface area contributed by atoms with Gasteiger partial charge in [-0.1, -0.05) is 24.3 Å². The van der Waals surface area contributed by atoms with Crippen LogP contribution in [0.25, 0.3) is 0 Å². The molecule has 26 heavy (non-hydrogen) atoms. The third-order valence-corrected chi connectivity index (χ3v) is 4.14. The Morgan fingerprint density at radius 3 is 1.96 bits per heavy atom. The monoisotopic (exact) mass is 352 g/mol. The fraction of sp³-hybridized carbons (Fsp3) is 0.158. The molecule has 0 bridgehead atoms. The lowest BCUT2D eigenvalue weighted by molar-refractivity contribution is -0.143. The summed E-state index contributed by atoms with van der Waals surface area (Å²) in [6.45, 7) is 2.69. The molecule has 1 aliphatic heterocycles. The van der Waals surface area contributed by atoms with Crippen LogP contribution < -0.4 is 10.2 Å². The number of fused-ring (bicyclic) bond motifs is 1. The van der Waals surface area contributed by atoms with Crippen molar-refractivity contribution in [3.8, 4) is 0 Å². The number of nitrogens with one attached hydrogen (secondary N) is 1. The molecule has 0 saturated carbocycles. The number of para-hydroxylation sites is 1. The normalized spacial score (nSPS) is 13.5. The van der Waals surface area contributed by atoms with Crippen LogP contribution in [-0.4, -0.2) is 34.3 Å². The molecule has 3 rings (SSSR count). The average Bonchev–Trinajstić information content (AvgIpc) is 2.86. The highest BCUT2D eigenvalue weighted by Crippen LogP contribution is 2.30. The standard InChI is InChI=1S/C19H16N2O5/c1-19(2,18(25)26)20-15(22)13-9-5-6-10-14(13)21-16(23)11-7-3-4-8-12(11)17(21)24/h3-10H,1-2H3,(H,20,22)(H,25,26). The second-order valence-electron chi connectivity index (χ2n) is 6.39. The Morgan fingerprint density at radius 2 is 1.42 bits per heavy atom. The lowest BCUT2D eigenvalue weighted by Gasteiger charge is -2.23. The highest BCUT2D eigenvalue weighted by atomic mass is 16.4. The molecule has 132 valence electrons. The summed E-state index contributed by atoms with van der Waals surface area (Å²) in [7, 11) is 0. The van der Waals surface area contributed by atoms with Gasteiger partial charge < -0.3 is 10.4 Å². The van der Waals surface area contributed by atoms with E-state index in [9.17, 15) is 24.3 Å². The number of carboxylic acids is 1. The molecule has 1 heterocycles. The maximum absolute atomic E-state index is 12.7. The van der Waals surface area contributed by atoms with Gasteiger partial charge in [-0.25, -0.2) is 9.69 Å². The third-order valence-electron chi connectivity index (χ3n) is 4.14. The molecule has 7 heteroatoms. The molecule has 0 aliphatic carbocycles. The molecule has 2 aromatic carbocycles. The van der Waals surface area contributed by atoms with Gasteiger partial charge in [0.15, 0.2) is 0 Å². The van der Waals surface area contributed by atoms with E-state index in [1.165, 1.54) is 26.0 Å². The Bertz CT molecular complexity index is 913. The summed E-state index contributed by atoms with van der Waals surface area (Å²) in [5.74, 6) is -2.94. The molecule has 0 fully saturated rings. The first-order valence-corrected chi connectivity index (χ1v) is 7.87. The molecule has 0 unspecified atom stereocenters. The van der Waals surface area contributed by atoms with Crippen LogP contribution in [-0.2, 0) is 4.79 Å². The van der Waals surface area contributed by atoms with Gasteiger partial charge in [-0.3, -0.25) is 14.4 Å². The molecule has 2 N–H and O–H groups in total. The summed E-state index contributed by atoms with van der Waals surface area (Å²) < 4.78 is 0. The lowest BCUT2D eigenvalue weighted by atomic mass is 10.0. The van der Waals surface area contributed by atoms with Crippen LogP contribution in [0.1, 0.15) is 44.9 Å². The van der Waals surface area contributed by atoms with Gasteiger partial charge in [0.25, 0.3) is 17.7 Å². The van der Waals surface area contributed by atoms with Crippen LogP contribution in [0.2, 0.25) is 0 Å². The van der Waals surface area contributed by atoms with Gasteiger partial charge in [-0.05, 0) is 38.1 Å². The van der Waals surface area contributed by atoms with E-state index >= 15 is 0 Å². The maximum atomic E-state index is 12.7. The minimum Gasteiger partial charge on any atom is -0.480 e. The quantitative estimate of drug-likeness (QED) is 0.820. The number of rotatable bonds is 4. The second-order valence-corrected chi connectivity index (χ2v) is 6.39. The Balaban J connectivity index is 2.02. The number of anilines is 1. The fourth-order valence-electron chi connectivity index (χ4n) is 2.67. The van der Waals surface area contributed by atoms with Gasteiger partial charge in [0.05, 0.1) is 22.4 Å². The largest absolute Gasteiger partial charge is 0.480 e. The van der Waals surface area contributed by atoms with Crippen LogP contribution in [0.4, 0.5) is 5.69 Å². The number of imide groups is 1. The van der Waals surface area contributed by atoms with E-state index in [1.807, 2.05) is 0 Å². The van der Waals surface area contributed by atoms with E-state index in [0.29, 0.717) is 0 Å². The van der Waals surface area contributed by atoms with Crippen LogP contribution in [0.5, 0.6) is 0 Å². The summed E-state index contributed by atoms with van der Waals surface area (Å²) in [4.78, 5) is 50.1. The number of benzene rings is 2. The summed E-state index contributed by atoms with van der Waals surface area (Å²) >= 11 is 0. The number of carbonyl (C=O) groups excluding carboxylic acids is 3. The topological polar surface area (TPSA) is 104 Å². The highest BCUT2D eigenvalue weighted by molar-refractivity contribution is 6.35. The maximum Gasteiger partial charge on any atom is 0.328 e. The van der Waals surface area contributed by atoms with Gasteiger partial charge in [0.1, 0.15) is 5.54 Å². The smallest absolute Gasteiger partial charge is 0.328 e. The van der Waals surface area contributed by atoms with E-state index in [4.69, 9.17) is 0 Å². The second kappa shape index (κ2) is 6.11. The van der Waals surface area contributed by atoms with Crippen molar-refractivity contribution < 1.29 is 24.3 Å². The SMILES string of the molecule is CC(C)(NC(=O)c1ccccc1N1C(=O)c2ccccc2C1=O)C(=O)O. The van der Waals surface area contributed by atoms with Crippen LogP contribution in [0.15, 0.2) is 48.5 Å². The van der Waals surface area contributed by atoms with E-state index in [2.05, 4.69) is 5.32 Å². The van der Waals surface area contributed by atoms with E-state index in [1.54, 1.807) is 36.4 Å². The highest BCUT2D eigenvalue weighted by Gasteiger charge is 2.38. The van der Waals surface area contributed by atoms with Crippen molar-refractivity contribution in [1.29, 1.82) is 0 Å². The predicted molar refractivity (Wildman–Crippen MR) is 93.2 cm³/mol. The van der Waals surface area contributed by atoms with Crippen LogP contribution in [0, 0.1) is 0 Å². The number of hydrogen-bond acceptors (Lipinski definition) is 4. The summed E-state index contributed by atoms with van der Waals surface area (Å²) in [5.41, 5.74) is -0.836. The predicted octanol–water partition coefficient (Wildman–Crippen LogP) is 2.08. The number of nitrogens with zero attached hydrogens (tertiary/aromatic N) is 1. The third kappa shape index (κ3) is 2.73. The number of aliphatic carboxylic acids is 1. The molecular formula is C19H16N2O5. The van der Waals surface area contributed by atoms with Crippen molar-refractivity contribution in [1.82, 2.24) is 5.32 Å². The fourth-order valence-corrected chi connectivity index (χ4v) is 2.67. The Kier molecular flexibility index (Phi) is 4.07. The molecule has 0 spiro atoms. The molecule has 2 aromatic rings. The summed E-state index contributed by atoms with van der Waals surface area (Å²) in [6.07, 6.45) is 0. The minimum atomic E-state index is -1.51. The molecule has 1 aliphatic rings. The number of hydrogen-bond donors (Lipinski definition) is 2. The molecular weight excluding hydrogens is 336 g/mol. The summed E-state index contributed by atoms with van der Waals surface area (Å²) in [5, 5.41) is 11.6. The van der Waals surface area contributed by atoms with Crippen molar-refractivity contribution >= 4 is 29.4 Å². The zero-order valence-electron chi connectivity index (χ0n) is 14.1. The Morgan fingerprint density at radius 1 is 0.923 bits per heavy atom. The zero-order valence-corrected chi connectivity index (χ0v) is 14.1. The van der Waals surface area contributed by atoms with E-state index < -0.39 is 29.2 Å². The molecule has 0 atom stereocenters. The molecule has 0 radical (unpaired) electrons. The number of carbonyl (C=O) groups is 4. The van der Waals surface area contributed by atoms with E-state index in [0.717, 1.165) is 4.90 Å². The Hall–Kier alpha value is -3.48.